The van der Waals surface area contributed by atoms with Gasteiger partial charge >= 0.3 is 0 Å². The van der Waals surface area contributed by atoms with E-state index in [1.54, 1.807) is 0 Å². The maximum absolute atomic E-state index is 11.0. The van der Waals surface area contributed by atoms with Gasteiger partial charge in [-0.1, -0.05) is 5.16 Å². The number of rotatable bonds is 6. The maximum atomic E-state index is 11.0. The molecule has 0 radical (unpaired) electrons. The molecule has 1 N–H and O–H groups in total. The molecule has 3 aliphatic rings. The third-order valence-corrected chi connectivity index (χ3v) is 5.34. The molecule has 4 rings (SSSR count). The van der Waals surface area contributed by atoms with Gasteiger partial charge in [-0.15, -0.1) is 0 Å². The third kappa shape index (κ3) is 3.61. The number of oxime groups is 1. The van der Waals surface area contributed by atoms with Crippen molar-refractivity contribution in [3.05, 3.63) is 22.8 Å². The van der Waals surface area contributed by atoms with Crippen LogP contribution in [-0.4, -0.2) is 35.6 Å². The average molecular weight is 344 g/mol. The smallest absolute Gasteiger partial charge is 0.171 e. The lowest BCUT2D eigenvalue weighted by Gasteiger charge is -2.23. The summed E-state index contributed by atoms with van der Waals surface area (Å²) >= 11 is 0. The van der Waals surface area contributed by atoms with Gasteiger partial charge in [0.05, 0.1) is 12.3 Å². The Morgan fingerprint density at radius 2 is 2.04 bits per heavy atom. The topological polar surface area (TPSA) is 54.3 Å². The van der Waals surface area contributed by atoms with Crippen molar-refractivity contribution in [3.8, 4) is 11.5 Å². The first kappa shape index (κ1) is 16.7. The number of ether oxygens (including phenoxy) is 1. The third-order valence-electron chi connectivity index (χ3n) is 5.34. The molecule has 0 bridgehead atoms. The Bertz CT molecular complexity index is 678. The molecule has 0 aromatic heterocycles. The first-order chi connectivity index (χ1) is 12.2. The number of benzene rings is 1. The normalized spacial score (nSPS) is 21.4. The Labute approximate surface area is 149 Å². The minimum Gasteiger partial charge on any atom is -0.504 e. The van der Waals surface area contributed by atoms with Crippen LogP contribution in [0.1, 0.15) is 74.5 Å². The standard InChI is InChI=1S/C20H28N2O3/c1-3-24-20-16(11-22-9-8-13(2)21-25-12-22)10-17(14-4-5-14)18(19(20)23)15-6-7-15/h10,14-15,23H,3-9,11-12H2,1-2H3. The van der Waals surface area contributed by atoms with Crippen LogP contribution < -0.4 is 4.74 Å². The number of nitrogens with zero attached hydrogens (tertiary/aromatic N) is 2. The van der Waals surface area contributed by atoms with Crippen molar-refractivity contribution in [3.63, 3.8) is 0 Å². The molecular weight excluding hydrogens is 316 g/mol. The summed E-state index contributed by atoms with van der Waals surface area (Å²) in [5.74, 6) is 2.23. The summed E-state index contributed by atoms with van der Waals surface area (Å²) in [5.41, 5.74) is 4.63. The highest BCUT2D eigenvalue weighted by Crippen LogP contribution is 2.55. The summed E-state index contributed by atoms with van der Waals surface area (Å²) in [6.45, 7) is 6.64. The first-order valence-corrected chi connectivity index (χ1v) is 9.56. The minimum atomic E-state index is 0.395. The second kappa shape index (κ2) is 6.87. The number of aromatic hydroxyl groups is 1. The van der Waals surface area contributed by atoms with E-state index in [-0.39, 0.29) is 0 Å². The zero-order chi connectivity index (χ0) is 17.4. The van der Waals surface area contributed by atoms with Crippen molar-refractivity contribution in [1.29, 1.82) is 0 Å². The van der Waals surface area contributed by atoms with Crippen LogP contribution in [0.5, 0.6) is 11.5 Å². The molecule has 0 amide bonds. The number of phenolic OH excluding ortho intramolecular Hbond substituents is 1. The van der Waals surface area contributed by atoms with Gasteiger partial charge in [-0.2, -0.15) is 0 Å². The van der Waals surface area contributed by atoms with Crippen LogP contribution in [0.25, 0.3) is 0 Å². The van der Waals surface area contributed by atoms with Crippen LogP contribution in [0.4, 0.5) is 0 Å². The quantitative estimate of drug-likeness (QED) is 0.844. The van der Waals surface area contributed by atoms with Gasteiger partial charge in [0.2, 0.25) is 0 Å². The Morgan fingerprint density at radius 1 is 1.28 bits per heavy atom. The molecule has 0 spiro atoms. The van der Waals surface area contributed by atoms with Crippen LogP contribution in [0, 0.1) is 0 Å². The lowest BCUT2D eigenvalue weighted by Crippen LogP contribution is -2.26. The Morgan fingerprint density at radius 3 is 2.72 bits per heavy atom. The molecule has 1 heterocycles. The van der Waals surface area contributed by atoms with E-state index in [2.05, 4.69) is 16.1 Å². The summed E-state index contributed by atoms with van der Waals surface area (Å²) in [6, 6.07) is 2.30. The molecule has 2 fully saturated rings. The fourth-order valence-corrected chi connectivity index (χ4v) is 3.71. The molecule has 0 atom stereocenters. The molecule has 1 aromatic carbocycles. The van der Waals surface area contributed by atoms with E-state index in [1.807, 2.05) is 13.8 Å². The summed E-state index contributed by atoms with van der Waals surface area (Å²) in [7, 11) is 0. The van der Waals surface area contributed by atoms with E-state index in [4.69, 9.17) is 9.57 Å². The lowest BCUT2D eigenvalue weighted by atomic mass is 9.94. The van der Waals surface area contributed by atoms with E-state index in [0.717, 1.165) is 30.8 Å². The van der Waals surface area contributed by atoms with Crippen LogP contribution in [-0.2, 0) is 11.4 Å². The molecular formula is C20H28N2O3. The Hall–Kier alpha value is -1.75. The van der Waals surface area contributed by atoms with E-state index in [1.165, 1.54) is 36.8 Å². The fraction of sp³-hybridized carbons (Fsp3) is 0.650. The largest absolute Gasteiger partial charge is 0.504 e. The molecule has 25 heavy (non-hydrogen) atoms. The number of hydrogen-bond donors (Lipinski definition) is 1. The van der Waals surface area contributed by atoms with Gasteiger partial charge in [0, 0.05) is 30.6 Å². The second-order valence-corrected chi connectivity index (χ2v) is 7.59. The van der Waals surface area contributed by atoms with Gasteiger partial charge in [0.15, 0.2) is 18.2 Å². The van der Waals surface area contributed by atoms with Gasteiger partial charge < -0.3 is 14.7 Å². The predicted octanol–water partition coefficient (Wildman–Crippen LogP) is 4.10. The molecule has 5 nitrogen and oxygen atoms in total. The van der Waals surface area contributed by atoms with E-state index >= 15 is 0 Å². The van der Waals surface area contributed by atoms with Crippen molar-refractivity contribution in [2.24, 2.45) is 5.16 Å². The highest BCUT2D eigenvalue weighted by Gasteiger charge is 2.37. The molecule has 2 aliphatic carbocycles. The van der Waals surface area contributed by atoms with Crippen LogP contribution >= 0.6 is 0 Å². The average Bonchev–Trinajstić information content (AvgIpc) is 3.46. The van der Waals surface area contributed by atoms with Crippen molar-refractivity contribution in [1.82, 2.24) is 4.90 Å². The van der Waals surface area contributed by atoms with Crippen molar-refractivity contribution in [2.75, 3.05) is 19.9 Å². The van der Waals surface area contributed by atoms with E-state index < -0.39 is 0 Å². The van der Waals surface area contributed by atoms with Gasteiger partial charge in [0.1, 0.15) is 0 Å². The molecule has 1 aromatic rings. The van der Waals surface area contributed by atoms with Crippen molar-refractivity contribution in [2.45, 2.75) is 64.3 Å². The van der Waals surface area contributed by atoms with Gasteiger partial charge in [-0.3, -0.25) is 4.90 Å². The van der Waals surface area contributed by atoms with E-state index in [0.29, 0.717) is 36.7 Å². The van der Waals surface area contributed by atoms with Crippen molar-refractivity contribution < 1.29 is 14.7 Å². The highest BCUT2D eigenvalue weighted by molar-refractivity contribution is 5.81. The minimum absolute atomic E-state index is 0.395. The predicted molar refractivity (Wildman–Crippen MR) is 97.3 cm³/mol. The summed E-state index contributed by atoms with van der Waals surface area (Å²) in [6.07, 6.45) is 5.77. The maximum Gasteiger partial charge on any atom is 0.171 e. The van der Waals surface area contributed by atoms with Crippen molar-refractivity contribution >= 4 is 5.71 Å². The van der Waals surface area contributed by atoms with Crippen LogP contribution in [0.2, 0.25) is 0 Å². The van der Waals surface area contributed by atoms with Crippen LogP contribution in [0.15, 0.2) is 11.2 Å². The fourth-order valence-electron chi connectivity index (χ4n) is 3.71. The van der Waals surface area contributed by atoms with E-state index in [9.17, 15) is 5.11 Å². The highest BCUT2D eigenvalue weighted by atomic mass is 16.6. The molecule has 136 valence electrons. The van der Waals surface area contributed by atoms with Crippen LogP contribution in [0.3, 0.4) is 0 Å². The second-order valence-electron chi connectivity index (χ2n) is 7.59. The van der Waals surface area contributed by atoms with Gasteiger partial charge in [-0.25, -0.2) is 0 Å². The monoisotopic (exact) mass is 344 g/mol. The molecule has 0 saturated heterocycles. The molecule has 5 heteroatoms. The Balaban J connectivity index is 1.65. The zero-order valence-corrected chi connectivity index (χ0v) is 15.3. The lowest BCUT2D eigenvalue weighted by molar-refractivity contribution is 0.0363. The molecule has 1 aliphatic heterocycles. The zero-order valence-electron chi connectivity index (χ0n) is 15.3. The summed E-state index contributed by atoms with van der Waals surface area (Å²) in [4.78, 5) is 7.62. The molecule has 2 saturated carbocycles. The Kier molecular flexibility index (Phi) is 4.59. The number of phenols is 1. The number of hydrogen-bond acceptors (Lipinski definition) is 5. The summed E-state index contributed by atoms with van der Waals surface area (Å²) < 4.78 is 5.89. The first-order valence-electron chi connectivity index (χ1n) is 9.56. The summed E-state index contributed by atoms with van der Waals surface area (Å²) in [5, 5.41) is 15.1. The van der Waals surface area contributed by atoms with Gasteiger partial charge in [-0.05, 0) is 63.0 Å². The van der Waals surface area contributed by atoms with Gasteiger partial charge in [0.25, 0.3) is 0 Å². The SMILES string of the molecule is CCOc1c(CN2CCC(C)=NOC2)cc(C2CC2)c(C2CC2)c1O. The molecule has 0 unspecified atom stereocenters.